The summed E-state index contributed by atoms with van der Waals surface area (Å²) in [6.45, 7) is 1.15. The summed E-state index contributed by atoms with van der Waals surface area (Å²) in [5, 5.41) is 9.03. The molecule has 2 heterocycles. The van der Waals surface area contributed by atoms with Crippen molar-refractivity contribution in [1.29, 1.82) is 0 Å². The van der Waals surface area contributed by atoms with E-state index in [1.807, 2.05) is 0 Å². The third kappa shape index (κ3) is 1.79. The first kappa shape index (κ1) is 7.23. The van der Waals surface area contributed by atoms with Crippen LogP contribution in [0.1, 0.15) is 0 Å². The quantitative estimate of drug-likeness (QED) is 0.583. The molecule has 0 saturated carbocycles. The maximum absolute atomic E-state index is 10.7. The van der Waals surface area contributed by atoms with Crippen LogP contribution in [0.25, 0.3) is 0 Å². The van der Waals surface area contributed by atoms with E-state index < -0.39 is 0 Å². The van der Waals surface area contributed by atoms with Crippen LogP contribution in [0.5, 0.6) is 5.88 Å². The second kappa shape index (κ2) is 2.90. The van der Waals surface area contributed by atoms with Gasteiger partial charge >= 0.3 is 0 Å². The second-order valence-corrected chi connectivity index (χ2v) is 2.42. The van der Waals surface area contributed by atoms with Gasteiger partial charge in [0.25, 0.3) is 5.56 Å². The normalized spacial score (nSPS) is 20.5. The number of hydrogen-bond acceptors (Lipinski definition) is 5. The number of rotatable bonds is 3. The fraction of sp³-hybridized carbons (Fsp3) is 0.500. The predicted octanol–water partition coefficient (Wildman–Crippen LogP) is -1.06. The van der Waals surface area contributed by atoms with Crippen LogP contribution in [-0.4, -0.2) is 34.7 Å². The highest BCUT2D eigenvalue weighted by Crippen LogP contribution is 2.10. The average molecular weight is 169 g/mol. The van der Waals surface area contributed by atoms with Gasteiger partial charge in [0.1, 0.15) is 12.7 Å². The van der Waals surface area contributed by atoms with Crippen LogP contribution < -0.4 is 10.3 Å². The highest BCUT2D eigenvalue weighted by molar-refractivity contribution is 5.02. The van der Waals surface area contributed by atoms with Crippen LogP contribution in [0.3, 0.4) is 0 Å². The van der Waals surface area contributed by atoms with Gasteiger partial charge in [0.2, 0.25) is 5.88 Å². The molecule has 1 aliphatic heterocycles. The van der Waals surface area contributed by atoms with Crippen molar-refractivity contribution >= 4 is 0 Å². The van der Waals surface area contributed by atoms with Gasteiger partial charge in [-0.2, -0.15) is 0 Å². The molecule has 0 spiro atoms. The first-order valence-electron chi connectivity index (χ1n) is 3.51. The maximum Gasteiger partial charge on any atom is 0.270 e. The summed E-state index contributed by atoms with van der Waals surface area (Å²) in [6, 6.07) is 1.25. The summed E-state index contributed by atoms with van der Waals surface area (Å²) in [6.07, 6.45) is 0.158. The van der Waals surface area contributed by atoms with Crippen molar-refractivity contribution in [2.45, 2.75) is 6.10 Å². The molecule has 0 bridgehead atoms. The maximum atomic E-state index is 10.7. The molecule has 12 heavy (non-hydrogen) atoms. The molecule has 0 radical (unpaired) electrons. The minimum atomic E-state index is -0.322. The molecule has 0 aliphatic carbocycles. The highest BCUT2D eigenvalue weighted by Gasteiger charge is 2.23. The minimum absolute atomic E-state index is 0.158. The molecule has 1 aliphatic rings. The largest absolute Gasteiger partial charge is 0.474 e. The van der Waals surface area contributed by atoms with Crippen molar-refractivity contribution in [3.63, 3.8) is 0 Å². The van der Waals surface area contributed by atoms with Gasteiger partial charge in [-0.15, -0.1) is 0 Å². The van der Waals surface area contributed by atoms with Crippen LogP contribution in [0, 0.1) is 0 Å². The second-order valence-electron chi connectivity index (χ2n) is 2.42. The Morgan fingerprint density at radius 1 is 1.83 bits per heavy atom. The number of H-pyrrole nitrogens is 1. The van der Waals surface area contributed by atoms with Gasteiger partial charge in [-0.3, -0.25) is 4.79 Å². The van der Waals surface area contributed by atoms with Crippen LogP contribution in [-0.2, 0) is 4.74 Å². The first-order chi connectivity index (χ1) is 5.84. The summed E-state index contributed by atoms with van der Waals surface area (Å²) < 4.78 is 9.99. The predicted molar refractivity (Wildman–Crippen MR) is 37.9 cm³/mol. The summed E-state index contributed by atoms with van der Waals surface area (Å²) in [4.78, 5) is 10.7. The Morgan fingerprint density at radius 2 is 2.67 bits per heavy atom. The van der Waals surface area contributed by atoms with Crippen molar-refractivity contribution < 1.29 is 9.47 Å². The number of aromatic nitrogens is 3. The van der Waals surface area contributed by atoms with Crippen LogP contribution in [0.4, 0.5) is 0 Å². The van der Waals surface area contributed by atoms with E-state index in [9.17, 15) is 4.79 Å². The third-order valence-electron chi connectivity index (χ3n) is 1.38. The Labute approximate surface area is 67.5 Å². The Kier molecular flexibility index (Phi) is 1.75. The lowest BCUT2D eigenvalue weighted by Crippen LogP contribution is -2.12. The lowest BCUT2D eigenvalue weighted by Gasteiger charge is -1.98. The smallest absolute Gasteiger partial charge is 0.270 e. The van der Waals surface area contributed by atoms with Gasteiger partial charge in [-0.1, -0.05) is 10.3 Å². The van der Waals surface area contributed by atoms with Crippen molar-refractivity contribution in [3.8, 4) is 5.88 Å². The molecule has 1 N–H and O–H groups in total. The number of nitrogens with one attached hydrogen (secondary N) is 1. The minimum Gasteiger partial charge on any atom is -0.474 e. The summed E-state index contributed by atoms with van der Waals surface area (Å²) >= 11 is 0. The van der Waals surface area contributed by atoms with Gasteiger partial charge in [0, 0.05) is 0 Å². The number of ether oxygens (including phenoxy) is 2. The van der Waals surface area contributed by atoms with E-state index in [2.05, 4.69) is 15.4 Å². The third-order valence-corrected chi connectivity index (χ3v) is 1.38. The molecule has 1 unspecified atom stereocenters. The summed E-state index contributed by atoms with van der Waals surface area (Å²) in [7, 11) is 0. The molecule has 64 valence electrons. The fourth-order valence-electron chi connectivity index (χ4n) is 0.710. The van der Waals surface area contributed by atoms with Crippen molar-refractivity contribution in [2.75, 3.05) is 13.2 Å². The molecule has 6 nitrogen and oxygen atoms in total. The molecule has 1 saturated heterocycles. The van der Waals surface area contributed by atoms with Crippen molar-refractivity contribution in [3.05, 3.63) is 16.4 Å². The molecule has 2 rings (SSSR count). The van der Waals surface area contributed by atoms with Gasteiger partial charge in [-0.05, 0) is 0 Å². The number of hydrogen-bond donors (Lipinski definition) is 1. The van der Waals surface area contributed by atoms with Crippen LogP contribution in [0.2, 0.25) is 0 Å². The van der Waals surface area contributed by atoms with E-state index in [0.29, 0.717) is 6.61 Å². The highest BCUT2D eigenvalue weighted by atomic mass is 16.6. The van der Waals surface area contributed by atoms with Crippen LogP contribution >= 0.6 is 0 Å². The number of aromatic amines is 1. The molecular formula is C6H7N3O3. The lowest BCUT2D eigenvalue weighted by molar-refractivity contribution is 0.251. The molecule has 0 amide bonds. The monoisotopic (exact) mass is 169 g/mol. The van der Waals surface area contributed by atoms with E-state index >= 15 is 0 Å². The Bertz CT molecular complexity index is 320. The average Bonchev–Trinajstić information content (AvgIpc) is 2.84. The molecule has 1 atom stereocenters. The van der Waals surface area contributed by atoms with Gasteiger partial charge < -0.3 is 9.47 Å². The summed E-state index contributed by atoms with van der Waals surface area (Å²) in [5.74, 6) is 0.231. The molecule has 6 heteroatoms. The van der Waals surface area contributed by atoms with Crippen molar-refractivity contribution in [2.24, 2.45) is 0 Å². The molecule has 1 aromatic heterocycles. The Morgan fingerprint density at radius 3 is 3.33 bits per heavy atom. The van der Waals surface area contributed by atoms with E-state index in [4.69, 9.17) is 9.47 Å². The molecule has 1 aromatic rings. The van der Waals surface area contributed by atoms with Gasteiger partial charge in [0.15, 0.2) is 0 Å². The molecule has 1 fully saturated rings. The fourth-order valence-corrected chi connectivity index (χ4v) is 0.710. The lowest BCUT2D eigenvalue weighted by atomic mass is 10.5. The van der Waals surface area contributed by atoms with Crippen molar-refractivity contribution in [1.82, 2.24) is 15.4 Å². The van der Waals surface area contributed by atoms with E-state index in [-0.39, 0.29) is 17.5 Å². The summed E-state index contributed by atoms with van der Waals surface area (Å²) in [5.41, 5.74) is -0.322. The standard InChI is InChI=1S/C6H7N3O3/c10-5-1-6(8-9-7-5)12-3-4-2-11-4/h1,4H,2-3H2,(H,7,8,10). The Balaban J connectivity index is 1.97. The topological polar surface area (TPSA) is 80.4 Å². The van der Waals surface area contributed by atoms with Crippen LogP contribution in [0.15, 0.2) is 10.9 Å². The Hall–Kier alpha value is -1.43. The SMILES string of the molecule is O=c1cc(OCC2CO2)nn[nH]1. The van der Waals surface area contributed by atoms with E-state index in [1.165, 1.54) is 6.07 Å². The zero-order valence-corrected chi connectivity index (χ0v) is 6.19. The number of nitrogens with zero attached hydrogens (tertiary/aromatic N) is 2. The number of epoxide rings is 1. The molecule has 0 aromatic carbocycles. The van der Waals surface area contributed by atoms with Gasteiger partial charge in [-0.25, -0.2) is 5.10 Å². The zero-order valence-electron chi connectivity index (χ0n) is 6.19. The van der Waals surface area contributed by atoms with E-state index in [0.717, 1.165) is 6.61 Å². The zero-order chi connectivity index (χ0) is 8.39. The van der Waals surface area contributed by atoms with Gasteiger partial charge in [0.05, 0.1) is 12.7 Å². The first-order valence-corrected chi connectivity index (χ1v) is 3.51. The molecular weight excluding hydrogens is 162 g/mol. The van der Waals surface area contributed by atoms with E-state index in [1.54, 1.807) is 0 Å².